The maximum Gasteiger partial charge on any atom is 0.340 e. The van der Waals surface area contributed by atoms with Gasteiger partial charge in [-0.15, -0.1) is 0 Å². The summed E-state index contributed by atoms with van der Waals surface area (Å²) in [6, 6.07) is 5.53. The minimum atomic E-state index is -1.57. The van der Waals surface area contributed by atoms with Crippen LogP contribution in [0.2, 0.25) is 0 Å². The maximum atomic E-state index is 13.4. The third-order valence-corrected chi connectivity index (χ3v) is 7.50. The van der Waals surface area contributed by atoms with Crippen LogP contribution in [0, 0.1) is 13.8 Å². The number of ether oxygens (including phenoxy) is 1. The molecule has 0 radical (unpaired) electrons. The second-order valence-corrected chi connectivity index (χ2v) is 9.93. The van der Waals surface area contributed by atoms with E-state index in [-0.39, 0.29) is 54.3 Å². The van der Waals surface area contributed by atoms with E-state index >= 15 is 0 Å². The first-order valence-corrected chi connectivity index (χ1v) is 12.6. The number of hydrazine groups is 1. The number of hydrogen-bond donors (Lipinski definition) is 6. The number of carbonyl (C=O) groups excluding carboxylic acids is 2. The van der Waals surface area contributed by atoms with Crippen LogP contribution in [0.25, 0.3) is 22.3 Å². The molecule has 0 fully saturated rings. The van der Waals surface area contributed by atoms with Crippen molar-refractivity contribution in [2.45, 2.75) is 39.6 Å². The highest BCUT2D eigenvalue weighted by molar-refractivity contribution is 5.89. The van der Waals surface area contributed by atoms with Crippen LogP contribution in [0.3, 0.4) is 0 Å². The largest absolute Gasteiger partial charge is 0.458 e. The van der Waals surface area contributed by atoms with Gasteiger partial charge in [0.15, 0.2) is 6.10 Å². The van der Waals surface area contributed by atoms with Crippen LogP contribution >= 0.6 is 0 Å². The molecule has 4 heterocycles. The molecule has 0 spiro atoms. The third kappa shape index (κ3) is 4.48. The average Bonchev–Trinajstić information content (AvgIpc) is 3.29. The number of aromatic nitrogens is 2. The van der Waals surface area contributed by atoms with Crippen molar-refractivity contribution >= 4 is 22.8 Å². The number of nitrogens with one attached hydrogen (secondary N) is 1. The van der Waals surface area contributed by atoms with Crippen LogP contribution < -0.4 is 22.5 Å². The second-order valence-electron chi connectivity index (χ2n) is 9.93. The van der Waals surface area contributed by atoms with E-state index < -0.39 is 31.2 Å². The molecule has 2 aromatic heterocycles. The zero-order valence-corrected chi connectivity index (χ0v) is 22.0. The highest BCUT2D eigenvalue weighted by Crippen LogP contribution is 2.39. The van der Waals surface area contributed by atoms with Gasteiger partial charge in [0.05, 0.1) is 60.1 Å². The Balaban J connectivity index is 1.65. The Morgan fingerprint density at radius 2 is 1.90 bits per heavy atom. The number of aliphatic hydroxyl groups excluding tert-OH is 3. The molecule has 13 nitrogen and oxygen atoms in total. The topological polar surface area (TPSA) is 206 Å². The highest BCUT2D eigenvalue weighted by Gasteiger charge is 2.35. The Hall–Kier alpha value is -4.30. The van der Waals surface area contributed by atoms with Crippen molar-refractivity contribution in [1.29, 1.82) is 0 Å². The number of nitrogens with two attached hydrogens (primary N) is 2. The van der Waals surface area contributed by atoms with Crippen LogP contribution in [0.5, 0.6) is 0 Å². The number of hydrogen-bond acceptors (Lipinski definition) is 11. The van der Waals surface area contributed by atoms with Gasteiger partial charge in [-0.1, -0.05) is 0 Å². The van der Waals surface area contributed by atoms with E-state index in [1.165, 1.54) is 9.58 Å². The van der Waals surface area contributed by atoms with Crippen LogP contribution in [0.1, 0.15) is 39.5 Å². The molecule has 0 aliphatic carbocycles. The molecule has 1 atom stereocenters. The van der Waals surface area contributed by atoms with E-state index in [9.17, 15) is 24.6 Å². The van der Waals surface area contributed by atoms with Crippen molar-refractivity contribution in [2.75, 3.05) is 19.8 Å². The number of benzene rings is 1. The normalized spacial score (nSPS) is 16.1. The van der Waals surface area contributed by atoms with Crippen LogP contribution in [0.15, 0.2) is 34.4 Å². The van der Waals surface area contributed by atoms with E-state index in [1.807, 2.05) is 26.0 Å². The van der Waals surface area contributed by atoms with Gasteiger partial charge in [0, 0.05) is 16.5 Å². The summed E-state index contributed by atoms with van der Waals surface area (Å²) in [5, 5.41) is 33.9. The lowest BCUT2D eigenvalue weighted by molar-refractivity contribution is -0.157. The van der Waals surface area contributed by atoms with Gasteiger partial charge in [-0.2, -0.15) is 0 Å². The van der Waals surface area contributed by atoms with Crippen molar-refractivity contribution in [1.82, 2.24) is 19.9 Å². The van der Waals surface area contributed by atoms with E-state index in [1.54, 1.807) is 6.07 Å². The number of carbonyl (C=O) groups is 2. The molecule has 0 saturated heterocycles. The fourth-order valence-corrected chi connectivity index (χ4v) is 5.14. The van der Waals surface area contributed by atoms with Gasteiger partial charge in [-0.05, 0) is 48.7 Å². The van der Waals surface area contributed by atoms with Gasteiger partial charge < -0.3 is 40.7 Å². The Labute approximate surface area is 228 Å². The van der Waals surface area contributed by atoms with E-state index in [0.717, 1.165) is 27.6 Å². The smallest absolute Gasteiger partial charge is 0.340 e. The minimum absolute atomic E-state index is 0.0705. The van der Waals surface area contributed by atoms with Crippen LogP contribution in [-0.4, -0.2) is 61.5 Å². The standard InChI is InChI=1S/C27H30N6O7/c1-12-3-14-16(8-33(29)22(9-34)19(28)6-30-23(36)10-35)17-7-32-21(24(17)31-20(14)4-13(12)2)5-15-18(26(32)38)11-40-27(39)25(15)37/h3-5,25,34-35,37H,6-11,28-29H2,1-2H3,(H,30,36)/b22-19-. The third-order valence-electron chi connectivity index (χ3n) is 7.50. The number of fused-ring (bicyclic) bond motifs is 5. The fourth-order valence-electron chi connectivity index (χ4n) is 5.14. The number of cyclic esters (lactones) is 1. The SMILES string of the molecule is Cc1cc2nc3c(c(CN(N)/C(CO)=C(\N)CNC(=O)CO)c2cc1C)Cn1c-3cc2c(c1=O)COC(=O)C2O. The molecule has 1 aromatic carbocycles. The monoisotopic (exact) mass is 550 g/mol. The van der Waals surface area contributed by atoms with Crippen molar-refractivity contribution in [3.63, 3.8) is 0 Å². The molecule has 1 unspecified atom stereocenters. The molecule has 0 bridgehead atoms. The summed E-state index contributed by atoms with van der Waals surface area (Å²) in [5.41, 5.74) is 11.6. The first kappa shape index (κ1) is 27.3. The van der Waals surface area contributed by atoms with Gasteiger partial charge in [-0.3, -0.25) is 9.59 Å². The Bertz CT molecular complexity index is 1660. The van der Waals surface area contributed by atoms with Crippen LogP contribution in [0.4, 0.5) is 0 Å². The van der Waals surface area contributed by atoms with Crippen molar-refractivity contribution in [3.05, 3.63) is 73.3 Å². The van der Waals surface area contributed by atoms with Crippen LogP contribution in [-0.2, 0) is 34.0 Å². The van der Waals surface area contributed by atoms with E-state index in [4.69, 9.17) is 26.4 Å². The quantitative estimate of drug-likeness (QED) is 0.0942. The van der Waals surface area contributed by atoms with Gasteiger partial charge in [0.2, 0.25) is 5.91 Å². The lowest BCUT2D eigenvalue weighted by Crippen LogP contribution is -2.37. The number of nitrogens with zero attached hydrogens (tertiary/aromatic N) is 3. The first-order chi connectivity index (χ1) is 19.0. The summed E-state index contributed by atoms with van der Waals surface area (Å²) < 4.78 is 6.52. The average molecular weight is 551 g/mol. The lowest BCUT2D eigenvalue weighted by Gasteiger charge is -2.25. The predicted octanol–water partition coefficient (Wildman–Crippen LogP) is -0.921. The molecule has 3 aromatic rings. The summed E-state index contributed by atoms with van der Waals surface area (Å²) >= 11 is 0. The van der Waals surface area contributed by atoms with Crippen molar-refractivity contribution < 1.29 is 29.6 Å². The predicted molar refractivity (Wildman–Crippen MR) is 143 cm³/mol. The molecular formula is C27H30N6O7. The second kappa shape index (κ2) is 10.4. The van der Waals surface area contributed by atoms with E-state index in [2.05, 4.69) is 5.32 Å². The molecule has 13 heteroatoms. The zero-order chi connectivity index (χ0) is 28.9. The Morgan fingerprint density at radius 1 is 1.18 bits per heavy atom. The summed E-state index contributed by atoms with van der Waals surface area (Å²) in [5.74, 6) is 4.97. The zero-order valence-electron chi connectivity index (χ0n) is 22.0. The van der Waals surface area contributed by atoms with Gasteiger partial charge >= 0.3 is 5.97 Å². The molecule has 210 valence electrons. The van der Waals surface area contributed by atoms with Gasteiger partial charge in [-0.25, -0.2) is 15.6 Å². The van der Waals surface area contributed by atoms with Crippen molar-refractivity contribution in [3.8, 4) is 11.4 Å². The Kier molecular flexibility index (Phi) is 7.06. The summed E-state index contributed by atoms with van der Waals surface area (Å²) in [4.78, 5) is 41.8. The van der Waals surface area contributed by atoms with Crippen molar-refractivity contribution in [2.24, 2.45) is 11.6 Å². The number of aryl methyl sites for hydroxylation is 2. The maximum absolute atomic E-state index is 13.4. The summed E-state index contributed by atoms with van der Waals surface area (Å²) in [6.07, 6.45) is -1.57. The highest BCUT2D eigenvalue weighted by atomic mass is 16.5. The number of esters is 1. The fraction of sp³-hybridized carbons (Fsp3) is 0.333. The molecule has 2 aliphatic heterocycles. The number of pyridine rings is 2. The molecule has 8 N–H and O–H groups in total. The first-order valence-electron chi connectivity index (χ1n) is 12.6. The summed E-state index contributed by atoms with van der Waals surface area (Å²) in [6.45, 7) is 2.59. The number of amides is 1. The molecule has 40 heavy (non-hydrogen) atoms. The number of aliphatic hydroxyl groups is 3. The minimum Gasteiger partial charge on any atom is -0.458 e. The molecular weight excluding hydrogens is 520 g/mol. The molecule has 0 saturated carbocycles. The van der Waals surface area contributed by atoms with Gasteiger partial charge in [0.25, 0.3) is 5.56 Å². The van der Waals surface area contributed by atoms with E-state index in [0.29, 0.717) is 16.9 Å². The molecule has 1 amide bonds. The summed E-state index contributed by atoms with van der Waals surface area (Å²) in [7, 11) is 0. The molecule has 5 rings (SSSR count). The lowest BCUT2D eigenvalue weighted by atomic mass is 9.96. The number of rotatable bonds is 7. The van der Waals surface area contributed by atoms with Gasteiger partial charge in [0.1, 0.15) is 13.2 Å². The Morgan fingerprint density at radius 3 is 2.60 bits per heavy atom. The molecule has 2 aliphatic rings.